The number of hydrogen-bond donors (Lipinski definition) is 1. The molecule has 1 N–H and O–H groups in total. The third-order valence-electron chi connectivity index (χ3n) is 6.34. The highest BCUT2D eigenvalue weighted by molar-refractivity contribution is 7.92. The zero-order valence-corrected chi connectivity index (χ0v) is 23.8. The van der Waals surface area contributed by atoms with Gasteiger partial charge in [-0.15, -0.1) is 0 Å². The number of ether oxygens (including phenoxy) is 1. The minimum atomic E-state index is -3.88. The molecule has 0 aliphatic heterocycles. The summed E-state index contributed by atoms with van der Waals surface area (Å²) in [5.41, 5.74) is 2.99. The number of amides is 2. The van der Waals surface area contributed by atoms with Crippen molar-refractivity contribution < 1.29 is 22.7 Å². The van der Waals surface area contributed by atoms with Gasteiger partial charge in [0, 0.05) is 19.5 Å². The van der Waals surface area contributed by atoms with Gasteiger partial charge in [0.25, 0.3) is 0 Å². The Balaban J connectivity index is 2.07. The highest BCUT2D eigenvalue weighted by Gasteiger charge is 2.33. The van der Waals surface area contributed by atoms with Gasteiger partial charge in [0.05, 0.1) is 18.6 Å². The van der Waals surface area contributed by atoms with Crippen LogP contribution in [0.25, 0.3) is 0 Å². The number of likely N-dealkylation sites (N-methyl/N-ethyl adjacent to an activating group) is 1. The quantitative estimate of drug-likeness (QED) is 0.347. The molecule has 3 rings (SSSR count). The van der Waals surface area contributed by atoms with Gasteiger partial charge in [0.2, 0.25) is 21.8 Å². The van der Waals surface area contributed by atoms with Gasteiger partial charge in [0.15, 0.2) is 0 Å². The number of sulfonamides is 1. The van der Waals surface area contributed by atoms with E-state index >= 15 is 0 Å². The Hall–Kier alpha value is -3.85. The molecule has 2 amide bonds. The summed E-state index contributed by atoms with van der Waals surface area (Å²) >= 11 is 0. The maximum atomic E-state index is 14.1. The molecule has 0 aliphatic rings. The van der Waals surface area contributed by atoms with E-state index in [1.165, 1.54) is 4.90 Å². The Kier molecular flexibility index (Phi) is 10.5. The van der Waals surface area contributed by atoms with Crippen molar-refractivity contribution in [1.82, 2.24) is 10.2 Å². The van der Waals surface area contributed by atoms with Crippen LogP contribution in [0, 0.1) is 6.92 Å². The molecule has 3 aromatic carbocycles. The van der Waals surface area contributed by atoms with Crippen LogP contribution in [0.2, 0.25) is 0 Å². The fourth-order valence-electron chi connectivity index (χ4n) is 4.35. The first-order valence-corrected chi connectivity index (χ1v) is 14.9. The smallest absolute Gasteiger partial charge is 0.244 e. The van der Waals surface area contributed by atoms with Crippen LogP contribution in [-0.2, 0) is 32.6 Å². The van der Waals surface area contributed by atoms with E-state index in [2.05, 4.69) is 5.32 Å². The van der Waals surface area contributed by atoms with Crippen LogP contribution in [0.5, 0.6) is 5.75 Å². The third kappa shape index (κ3) is 8.07. The third-order valence-corrected chi connectivity index (χ3v) is 7.46. The molecule has 39 heavy (non-hydrogen) atoms. The topological polar surface area (TPSA) is 96.0 Å². The van der Waals surface area contributed by atoms with Crippen LogP contribution in [0.3, 0.4) is 0 Å². The normalized spacial score (nSPS) is 11.9. The fraction of sp³-hybridized carbons (Fsp3) is 0.333. The molecular weight excluding hydrogens is 514 g/mol. The summed E-state index contributed by atoms with van der Waals surface area (Å²) < 4.78 is 32.7. The SMILES string of the molecule is CCNC(=O)[C@@H](Cc1ccccc1)N(Cc1ccccc1C)C(=O)CN(c1ccccc1OCC)S(C)(=O)=O. The van der Waals surface area contributed by atoms with Crippen molar-refractivity contribution in [2.75, 3.05) is 30.3 Å². The monoisotopic (exact) mass is 551 g/mol. The number of carbonyl (C=O) groups excluding carboxylic acids is 2. The standard InChI is InChI=1S/C30H37N3O5S/c1-5-31-30(35)27(20-24-15-8-7-9-16-24)32(21-25-17-11-10-14-23(25)3)29(34)22-33(39(4,36)37)26-18-12-13-19-28(26)38-6-2/h7-19,27H,5-6,20-22H2,1-4H3,(H,31,35)/t27-/m1/s1. The van der Waals surface area contributed by atoms with Crippen LogP contribution in [0.1, 0.15) is 30.5 Å². The number of nitrogens with one attached hydrogen (secondary N) is 1. The first kappa shape index (κ1) is 29.7. The zero-order valence-electron chi connectivity index (χ0n) is 23.0. The van der Waals surface area contributed by atoms with Gasteiger partial charge >= 0.3 is 0 Å². The number of para-hydroxylation sites is 2. The van der Waals surface area contributed by atoms with Gasteiger partial charge < -0.3 is 15.0 Å². The highest BCUT2D eigenvalue weighted by Crippen LogP contribution is 2.30. The minimum absolute atomic E-state index is 0.144. The first-order chi connectivity index (χ1) is 18.7. The Bertz CT molecular complexity index is 1360. The van der Waals surface area contributed by atoms with E-state index in [0.29, 0.717) is 18.9 Å². The molecule has 0 saturated heterocycles. The van der Waals surface area contributed by atoms with Crippen molar-refractivity contribution in [3.8, 4) is 5.75 Å². The molecule has 9 heteroatoms. The van der Waals surface area contributed by atoms with Crippen molar-refractivity contribution in [1.29, 1.82) is 0 Å². The van der Waals surface area contributed by atoms with Crippen LogP contribution >= 0.6 is 0 Å². The Morgan fingerprint density at radius 2 is 1.56 bits per heavy atom. The molecule has 0 aromatic heterocycles. The number of nitrogens with zero attached hydrogens (tertiary/aromatic N) is 2. The van der Waals surface area contributed by atoms with Crippen molar-refractivity contribution in [3.63, 3.8) is 0 Å². The maximum Gasteiger partial charge on any atom is 0.244 e. The average Bonchev–Trinajstić information content (AvgIpc) is 2.91. The molecule has 208 valence electrons. The second-order valence-electron chi connectivity index (χ2n) is 9.22. The molecule has 1 atom stereocenters. The Morgan fingerprint density at radius 3 is 2.21 bits per heavy atom. The van der Waals surface area contributed by atoms with Crippen LogP contribution in [-0.4, -0.2) is 57.1 Å². The van der Waals surface area contributed by atoms with Gasteiger partial charge in [-0.25, -0.2) is 8.42 Å². The molecular formula is C30H37N3O5S. The fourth-order valence-corrected chi connectivity index (χ4v) is 5.21. The van der Waals surface area contributed by atoms with Crippen LogP contribution < -0.4 is 14.4 Å². The lowest BCUT2D eigenvalue weighted by Crippen LogP contribution is -2.53. The van der Waals surface area contributed by atoms with Crippen LogP contribution in [0.15, 0.2) is 78.9 Å². The Labute approximate surface area is 231 Å². The predicted octanol–water partition coefficient (Wildman–Crippen LogP) is 3.94. The van der Waals surface area contributed by atoms with Gasteiger partial charge in [-0.2, -0.15) is 0 Å². The molecule has 0 spiro atoms. The van der Waals surface area contributed by atoms with Gasteiger partial charge in [-0.1, -0.05) is 66.7 Å². The average molecular weight is 552 g/mol. The largest absolute Gasteiger partial charge is 0.492 e. The first-order valence-electron chi connectivity index (χ1n) is 13.0. The minimum Gasteiger partial charge on any atom is -0.492 e. The number of benzene rings is 3. The summed E-state index contributed by atoms with van der Waals surface area (Å²) in [5.74, 6) is -0.445. The second kappa shape index (κ2) is 13.8. The second-order valence-corrected chi connectivity index (χ2v) is 11.1. The predicted molar refractivity (Wildman–Crippen MR) is 154 cm³/mol. The molecule has 0 bridgehead atoms. The van der Waals surface area contributed by atoms with E-state index in [-0.39, 0.29) is 24.6 Å². The lowest BCUT2D eigenvalue weighted by atomic mass is 10.0. The van der Waals surface area contributed by atoms with Crippen molar-refractivity contribution in [2.45, 2.75) is 39.8 Å². The lowest BCUT2D eigenvalue weighted by Gasteiger charge is -2.34. The summed E-state index contributed by atoms with van der Waals surface area (Å²) in [6.45, 7) is 5.95. The van der Waals surface area contributed by atoms with Crippen molar-refractivity contribution in [2.24, 2.45) is 0 Å². The number of carbonyl (C=O) groups is 2. The Morgan fingerprint density at radius 1 is 0.923 bits per heavy atom. The molecule has 0 heterocycles. The number of anilines is 1. The molecule has 0 saturated carbocycles. The summed E-state index contributed by atoms with van der Waals surface area (Å²) in [6.07, 6.45) is 1.33. The van der Waals surface area contributed by atoms with E-state index in [4.69, 9.17) is 4.74 Å². The van der Waals surface area contributed by atoms with Gasteiger partial charge in [-0.05, 0) is 49.6 Å². The van der Waals surface area contributed by atoms with E-state index in [1.807, 2.05) is 68.4 Å². The molecule has 0 aliphatic carbocycles. The van der Waals surface area contributed by atoms with E-state index < -0.39 is 28.5 Å². The zero-order chi connectivity index (χ0) is 28.4. The summed E-state index contributed by atoms with van der Waals surface area (Å²) in [7, 11) is -3.88. The number of hydrogen-bond acceptors (Lipinski definition) is 5. The molecule has 0 unspecified atom stereocenters. The van der Waals surface area contributed by atoms with E-state index in [1.54, 1.807) is 31.2 Å². The summed E-state index contributed by atoms with van der Waals surface area (Å²) in [4.78, 5) is 29.0. The van der Waals surface area contributed by atoms with Gasteiger partial charge in [-0.3, -0.25) is 13.9 Å². The molecule has 0 fully saturated rings. The lowest BCUT2D eigenvalue weighted by molar-refractivity contribution is -0.140. The van der Waals surface area contributed by atoms with Crippen molar-refractivity contribution in [3.05, 3.63) is 95.6 Å². The van der Waals surface area contributed by atoms with Crippen LogP contribution in [0.4, 0.5) is 5.69 Å². The van der Waals surface area contributed by atoms with Crippen molar-refractivity contribution >= 4 is 27.5 Å². The summed E-state index contributed by atoms with van der Waals surface area (Å²) in [5, 5.41) is 2.86. The van der Waals surface area contributed by atoms with E-state index in [9.17, 15) is 18.0 Å². The molecule has 3 aromatic rings. The molecule has 8 nitrogen and oxygen atoms in total. The maximum absolute atomic E-state index is 14.1. The van der Waals surface area contributed by atoms with Gasteiger partial charge in [0.1, 0.15) is 18.3 Å². The summed E-state index contributed by atoms with van der Waals surface area (Å²) in [6, 6.07) is 23.0. The highest BCUT2D eigenvalue weighted by atomic mass is 32.2. The molecule has 0 radical (unpaired) electrons. The van der Waals surface area contributed by atoms with E-state index in [0.717, 1.165) is 27.3 Å². The number of aryl methyl sites for hydroxylation is 1. The number of rotatable bonds is 13.